The van der Waals surface area contributed by atoms with Gasteiger partial charge in [0.25, 0.3) is 5.56 Å². The molecule has 0 aliphatic heterocycles. The number of aliphatic hydroxyl groups excluding tert-OH is 1. The van der Waals surface area contributed by atoms with Gasteiger partial charge in [-0.05, 0) is 12.3 Å². The van der Waals surface area contributed by atoms with Crippen LogP contribution in [0.1, 0.15) is 6.42 Å². The van der Waals surface area contributed by atoms with E-state index in [0.29, 0.717) is 18.6 Å². The number of H-pyrrole nitrogens is 1. The number of imidazole rings is 1. The molecule has 9 heteroatoms. The summed E-state index contributed by atoms with van der Waals surface area (Å²) in [5.41, 5.74) is 5.30. The van der Waals surface area contributed by atoms with Crippen LogP contribution in [-0.2, 0) is 6.54 Å². The minimum Gasteiger partial charge on any atom is -0.854 e. The molecule has 0 aromatic carbocycles. The summed E-state index contributed by atoms with van der Waals surface area (Å²) in [7, 11) is 0. The van der Waals surface area contributed by atoms with Crippen molar-refractivity contribution < 1.29 is 39.8 Å². The number of fused-ring (bicyclic) bond motifs is 1. The number of nitrogen functional groups attached to an aromatic ring is 1. The Hall–Kier alpha value is -0.930. The fourth-order valence-corrected chi connectivity index (χ4v) is 2.53. The molecule has 0 bridgehead atoms. The van der Waals surface area contributed by atoms with Gasteiger partial charge >= 0.3 is 29.6 Å². The van der Waals surface area contributed by atoms with Crippen molar-refractivity contribution in [1.82, 2.24) is 19.5 Å². The SMILES string of the molecule is Nc1nc2c(ncn2C[C@]2(CO)C[C@H]2C[O-])c(=O)[nH]1.[Na+]. The molecule has 1 saturated carbocycles. The maximum atomic E-state index is 11.6. The Bertz CT molecular complexity index is 684. The van der Waals surface area contributed by atoms with Gasteiger partial charge in [-0.1, -0.05) is 0 Å². The molecule has 0 spiro atoms. The van der Waals surface area contributed by atoms with Gasteiger partial charge in [0.1, 0.15) is 0 Å². The monoisotopic (exact) mass is 287 g/mol. The molecular formula is C11H14N5NaO3. The predicted molar refractivity (Wildman–Crippen MR) is 65.1 cm³/mol. The van der Waals surface area contributed by atoms with Crippen molar-refractivity contribution >= 4 is 17.1 Å². The van der Waals surface area contributed by atoms with Crippen LogP contribution in [-0.4, -0.2) is 37.8 Å². The molecule has 102 valence electrons. The van der Waals surface area contributed by atoms with Crippen molar-refractivity contribution in [2.24, 2.45) is 11.3 Å². The Morgan fingerprint density at radius 2 is 2.40 bits per heavy atom. The average molecular weight is 287 g/mol. The van der Waals surface area contributed by atoms with E-state index in [-0.39, 0.29) is 60.2 Å². The fourth-order valence-electron chi connectivity index (χ4n) is 2.53. The third-order valence-electron chi connectivity index (χ3n) is 3.85. The van der Waals surface area contributed by atoms with Gasteiger partial charge in [0.05, 0.1) is 12.9 Å². The van der Waals surface area contributed by atoms with Crippen LogP contribution in [0.4, 0.5) is 5.95 Å². The number of hydrogen-bond acceptors (Lipinski definition) is 6. The molecule has 1 aliphatic carbocycles. The maximum Gasteiger partial charge on any atom is 1.00 e. The third-order valence-corrected chi connectivity index (χ3v) is 3.85. The zero-order valence-corrected chi connectivity index (χ0v) is 13.2. The first kappa shape index (κ1) is 15.5. The summed E-state index contributed by atoms with van der Waals surface area (Å²) in [5.74, 6) is -0.0113. The quantitative estimate of drug-likeness (QED) is 0.483. The molecule has 2 aromatic rings. The Morgan fingerprint density at radius 3 is 3.00 bits per heavy atom. The molecule has 0 amide bonds. The summed E-state index contributed by atoms with van der Waals surface area (Å²) in [6.07, 6.45) is 2.18. The van der Waals surface area contributed by atoms with Crippen molar-refractivity contribution in [2.75, 3.05) is 18.9 Å². The Morgan fingerprint density at radius 1 is 1.65 bits per heavy atom. The molecule has 0 unspecified atom stereocenters. The molecule has 2 aromatic heterocycles. The molecular weight excluding hydrogens is 273 g/mol. The molecule has 20 heavy (non-hydrogen) atoms. The van der Waals surface area contributed by atoms with Gasteiger partial charge < -0.3 is 20.5 Å². The van der Waals surface area contributed by atoms with Crippen LogP contribution < -0.4 is 46.0 Å². The first-order valence-corrected chi connectivity index (χ1v) is 5.99. The van der Waals surface area contributed by atoms with E-state index in [1.165, 1.54) is 6.33 Å². The van der Waals surface area contributed by atoms with Crippen molar-refractivity contribution in [2.45, 2.75) is 13.0 Å². The molecule has 8 nitrogen and oxygen atoms in total. The van der Waals surface area contributed by atoms with E-state index >= 15 is 0 Å². The van der Waals surface area contributed by atoms with Crippen LogP contribution in [0, 0.1) is 11.3 Å². The number of rotatable bonds is 4. The first-order valence-electron chi connectivity index (χ1n) is 5.99. The summed E-state index contributed by atoms with van der Waals surface area (Å²) < 4.78 is 1.67. The van der Waals surface area contributed by atoms with Gasteiger partial charge in [-0.25, -0.2) is 4.98 Å². The van der Waals surface area contributed by atoms with Crippen LogP contribution in [0.3, 0.4) is 0 Å². The van der Waals surface area contributed by atoms with E-state index in [4.69, 9.17) is 5.73 Å². The molecule has 4 N–H and O–H groups in total. The normalized spacial score (nSPS) is 24.6. The van der Waals surface area contributed by atoms with Gasteiger partial charge in [-0.15, -0.1) is 6.61 Å². The van der Waals surface area contributed by atoms with Crippen molar-refractivity contribution in [1.29, 1.82) is 0 Å². The fraction of sp³-hybridized carbons (Fsp3) is 0.545. The number of anilines is 1. The number of aromatic amines is 1. The minimum absolute atomic E-state index is 0. The summed E-state index contributed by atoms with van der Waals surface area (Å²) in [5, 5.41) is 20.4. The molecule has 1 aliphatic rings. The summed E-state index contributed by atoms with van der Waals surface area (Å²) in [4.78, 5) is 22.1. The second-order valence-electron chi connectivity index (χ2n) is 5.08. The Labute approximate surface area is 136 Å². The summed E-state index contributed by atoms with van der Waals surface area (Å²) in [6.45, 7) is 0.157. The van der Waals surface area contributed by atoms with E-state index in [0.717, 1.165) is 0 Å². The van der Waals surface area contributed by atoms with Crippen molar-refractivity contribution in [3.63, 3.8) is 0 Å². The first-order chi connectivity index (χ1) is 9.09. The molecule has 2 heterocycles. The zero-order chi connectivity index (χ0) is 13.6. The maximum absolute atomic E-state index is 11.6. The van der Waals surface area contributed by atoms with Gasteiger partial charge in [-0.3, -0.25) is 9.78 Å². The molecule has 1 fully saturated rings. The van der Waals surface area contributed by atoms with E-state index in [1.54, 1.807) is 4.57 Å². The Balaban J connectivity index is 0.00000147. The van der Waals surface area contributed by atoms with E-state index in [9.17, 15) is 15.0 Å². The Kier molecular flexibility index (Phi) is 4.22. The van der Waals surface area contributed by atoms with Crippen LogP contribution >= 0.6 is 0 Å². The minimum atomic E-state index is -0.408. The molecule has 3 rings (SSSR count). The van der Waals surface area contributed by atoms with E-state index in [1.807, 2.05) is 0 Å². The summed E-state index contributed by atoms with van der Waals surface area (Å²) in [6, 6.07) is 0. The number of nitrogens with one attached hydrogen (secondary N) is 1. The number of aromatic nitrogens is 4. The average Bonchev–Trinajstić information content (AvgIpc) is 2.95. The standard InChI is InChI=1S/C11H14N5O3.Na/c12-10-14-8-7(9(19)15-10)13-5-16(8)3-11(4-18)1-6(11)2-17;/h5-6,18H,1-4H2,(H3,12,14,15,19);/q-1;+1/t6-,11-;/m0./s1. The van der Waals surface area contributed by atoms with Gasteiger partial charge in [0.2, 0.25) is 5.95 Å². The number of aliphatic hydroxyl groups is 1. The van der Waals surface area contributed by atoms with Crippen LogP contribution in [0.5, 0.6) is 0 Å². The topological polar surface area (TPSA) is 133 Å². The second-order valence-corrected chi connectivity index (χ2v) is 5.08. The second kappa shape index (κ2) is 5.45. The van der Waals surface area contributed by atoms with Gasteiger partial charge in [-0.2, -0.15) is 4.98 Å². The van der Waals surface area contributed by atoms with Crippen LogP contribution in [0.15, 0.2) is 11.1 Å². The third kappa shape index (κ3) is 2.38. The van der Waals surface area contributed by atoms with E-state index in [2.05, 4.69) is 15.0 Å². The predicted octanol–water partition coefficient (Wildman–Crippen LogP) is -4.94. The zero-order valence-electron chi connectivity index (χ0n) is 11.2. The van der Waals surface area contributed by atoms with E-state index < -0.39 is 11.0 Å². The molecule has 0 saturated heterocycles. The summed E-state index contributed by atoms with van der Waals surface area (Å²) >= 11 is 0. The van der Waals surface area contributed by atoms with Crippen LogP contribution in [0.2, 0.25) is 0 Å². The number of nitrogens with two attached hydrogens (primary N) is 1. The molecule has 2 atom stereocenters. The largest absolute Gasteiger partial charge is 1.00 e. The smallest absolute Gasteiger partial charge is 0.854 e. The van der Waals surface area contributed by atoms with Crippen molar-refractivity contribution in [3.8, 4) is 0 Å². The van der Waals surface area contributed by atoms with Gasteiger partial charge in [0.15, 0.2) is 11.2 Å². The van der Waals surface area contributed by atoms with Gasteiger partial charge in [0, 0.05) is 12.0 Å². The number of nitrogens with zero attached hydrogens (tertiary/aromatic N) is 3. The molecule has 0 radical (unpaired) electrons. The van der Waals surface area contributed by atoms with Crippen molar-refractivity contribution in [3.05, 3.63) is 16.7 Å². The number of hydrogen-bond donors (Lipinski definition) is 3. The van der Waals surface area contributed by atoms with Crippen LogP contribution in [0.25, 0.3) is 11.2 Å².